The van der Waals surface area contributed by atoms with E-state index in [9.17, 15) is 18.3 Å². The average molecular weight is 315 g/mol. The third-order valence-electron chi connectivity index (χ3n) is 3.36. The maximum Gasteiger partial charge on any atom is 0.175 e. The molecule has 4 nitrogen and oxygen atoms in total. The van der Waals surface area contributed by atoms with Crippen LogP contribution in [0.4, 0.5) is 0 Å². The molecule has 0 fully saturated rings. The van der Waals surface area contributed by atoms with Crippen LogP contribution in [0.3, 0.4) is 0 Å². The Bertz CT molecular complexity index is 817. The summed E-state index contributed by atoms with van der Waals surface area (Å²) in [6.07, 6.45) is 1.13. The SMILES string of the molecule is C/C(=C(\C(=O)[O-])c1ccccc1)c1ccc(S(C)(=O)=O)cc1. The summed E-state index contributed by atoms with van der Waals surface area (Å²) in [4.78, 5) is 11.7. The molecule has 0 bridgehead atoms. The molecule has 22 heavy (non-hydrogen) atoms. The molecule has 0 aliphatic carbocycles. The number of carbonyl (C=O) groups excluding carboxylic acids is 1. The first kappa shape index (κ1) is 16.0. The third-order valence-corrected chi connectivity index (χ3v) is 4.49. The van der Waals surface area contributed by atoms with Gasteiger partial charge in [0.2, 0.25) is 0 Å². The van der Waals surface area contributed by atoms with Gasteiger partial charge in [0.25, 0.3) is 0 Å². The van der Waals surface area contributed by atoms with E-state index in [4.69, 9.17) is 0 Å². The molecular weight excluding hydrogens is 300 g/mol. The topological polar surface area (TPSA) is 74.3 Å². The lowest BCUT2D eigenvalue weighted by atomic mass is 9.96. The number of hydrogen-bond donors (Lipinski definition) is 0. The van der Waals surface area contributed by atoms with Crippen LogP contribution in [0, 0.1) is 0 Å². The molecule has 0 radical (unpaired) electrons. The molecule has 0 aliphatic heterocycles. The molecule has 0 heterocycles. The van der Waals surface area contributed by atoms with E-state index < -0.39 is 15.8 Å². The second kappa shape index (κ2) is 6.15. The van der Waals surface area contributed by atoms with E-state index in [2.05, 4.69) is 0 Å². The highest BCUT2D eigenvalue weighted by atomic mass is 32.2. The van der Waals surface area contributed by atoms with Crippen molar-refractivity contribution < 1.29 is 18.3 Å². The van der Waals surface area contributed by atoms with Gasteiger partial charge in [-0.25, -0.2) is 8.42 Å². The molecule has 114 valence electrons. The lowest BCUT2D eigenvalue weighted by molar-refractivity contribution is -0.295. The summed E-state index contributed by atoms with van der Waals surface area (Å²) < 4.78 is 22.9. The number of carbonyl (C=O) groups is 1. The first-order valence-corrected chi connectivity index (χ1v) is 8.48. The lowest BCUT2D eigenvalue weighted by Crippen LogP contribution is -2.24. The average Bonchev–Trinajstić information content (AvgIpc) is 2.47. The predicted octanol–water partition coefficient (Wildman–Crippen LogP) is 1.77. The molecule has 0 atom stereocenters. The molecule has 5 heteroatoms. The van der Waals surface area contributed by atoms with Crippen molar-refractivity contribution in [2.24, 2.45) is 0 Å². The van der Waals surface area contributed by atoms with Gasteiger partial charge in [0.15, 0.2) is 9.84 Å². The van der Waals surface area contributed by atoms with Gasteiger partial charge in [-0.05, 0) is 35.8 Å². The van der Waals surface area contributed by atoms with Crippen molar-refractivity contribution in [2.45, 2.75) is 11.8 Å². The van der Waals surface area contributed by atoms with Gasteiger partial charge in [-0.3, -0.25) is 0 Å². The van der Waals surface area contributed by atoms with Crippen molar-refractivity contribution in [3.05, 3.63) is 65.7 Å². The van der Waals surface area contributed by atoms with Gasteiger partial charge < -0.3 is 9.90 Å². The van der Waals surface area contributed by atoms with E-state index in [0.717, 1.165) is 6.26 Å². The molecule has 2 rings (SSSR count). The molecule has 0 amide bonds. The molecule has 0 aromatic heterocycles. The van der Waals surface area contributed by atoms with Gasteiger partial charge in [-0.15, -0.1) is 0 Å². The zero-order valence-electron chi connectivity index (χ0n) is 12.2. The van der Waals surface area contributed by atoms with Crippen LogP contribution in [0.1, 0.15) is 18.1 Å². The predicted molar refractivity (Wildman–Crippen MR) is 83.5 cm³/mol. The van der Waals surface area contributed by atoms with Crippen LogP contribution >= 0.6 is 0 Å². The normalized spacial score (nSPS) is 12.6. The Morgan fingerprint density at radius 3 is 1.91 bits per heavy atom. The summed E-state index contributed by atoms with van der Waals surface area (Å²) in [7, 11) is -3.28. The second-order valence-electron chi connectivity index (χ2n) is 4.95. The van der Waals surface area contributed by atoms with Crippen LogP contribution in [-0.2, 0) is 14.6 Å². The van der Waals surface area contributed by atoms with E-state index in [1.54, 1.807) is 49.4 Å². The molecule has 0 N–H and O–H groups in total. The Hall–Kier alpha value is -2.40. The number of carboxylic acids is 1. The van der Waals surface area contributed by atoms with Crippen molar-refractivity contribution in [1.29, 1.82) is 0 Å². The number of sulfone groups is 1. The van der Waals surface area contributed by atoms with E-state index in [0.29, 0.717) is 16.7 Å². The van der Waals surface area contributed by atoms with E-state index in [-0.39, 0.29) is 10.5 Å². The highest BCUT2D eigenvalue weighted by molar-refractivity contribution is 7.90. The van der Waals surface area contributed by atoms with E-state index >= 15 is 0 Å². The minimum atomic E-state index is -3.28. The molecule has 0 unspecified atom stereocenters. The maximum absolute atomic E-state index is 11.5. The molecule has 0 saturated heterocycles. The van der Waals surface area contributed by atoms with Crippen LogP contribution in [0.25, 0.3) is 11.1 Å². The van der Waals surface area contributed by atoms with Gasteiger partial charge in [0, 0.05) is 11.8 Å². The number of hydrogen-bond acceptors (Lipinski definition) is 4. The summed E-state index contributed by atoms with van der Waals surface area (Å²) in [6, 6.07) is 14.8. The van der Waals surface area contributed by atoms with Crippen LogP contribution in [-0.4, -0.2) is 20.6 Å². The number of allylic oxidation sites excluding steroid dienone is 1. The fraction of sp³-hybridized carbons (Fsp3) is 0.118. The number of aliphatic carboxylic acids is 1. The Morgan fingerprint density at radius 1 is 0.909 bits per heavy atom. The van der Waals surface area contributed by atoms with Gasteiger partial charge in [0.05, 0.1) is 10.9 Å². The van der Waals surface area contributed by atoms with Crippen LogP contribution in [0.5, 0.6) is 0 Å². The van der Waals surface area contributed by atoms with Crippen LogP contribution in [0.2, 0.25) is 0 Å². The lowest BCUT2D eigenvalue weighted by Gasteiger charge is -2.14. The summed E-state index contributed by atoms with van der Waals surface area (Å²) in [5.74, 6) is -1.27. The Kier molecular flexibility index (Phi) is 4.47. The maximum atomic E-state index is 11.5. The summed E-state index contributed by atoms with van der Waals surface area (Å²) >= 11 is 0. The van der Waals surface area contributed by atoms with Crippen molar-refractivity contribution in [3.63, 3.8) is 0 Å². The second-order valence-corrected chi connectivity index (χ2v) is 6.97. The number of benzene rings is 2. The molecule has 2 aromatic rings. The molecule has 0 saturated carbocycles. The monoisotopic (exact) mass is 315 g/mol. The third kappa shape index (κ3) is 3.43. The zero-order chi connectivity index (χ0) is 16.3. The first-order chi connectivity index (χ1) is 10.3. The van der Waals surface area contributed by atoms with Gasteiger partial charge in [-0.1, -0.05) is 42.5 Å². The standard InChI is InChI=1S/C17H16O4S/c1-12(13-8-10-15(11-9-13)22(2,20)21)16(17(18)19)14-6-4-3-5-7-14/h3-11H,1-2H3,(H,18,19)/p-1/b16-12+. The minimum absolute atomic E-state index is 0.0905. The largest absolute Gasteiger partial charge is 0.545 e. The Labute approximate surface area is 129 Å². The summed E-state index contributed by atoms with van der Waals surface area (Å²) in [5.41, 5.74) is 1.79. The number of carboxylic acid groups (broad SMARTS) is 1. The fourth-order valence-electron chi connectivity index (χ4n) is 2.19. The zero-order valence-corrected chi connectivity index (χ0v) is 13.1. The summed E-state index contributed by atoms with van der Waals surface area (Å²) in [6.45, 7) is 1.67. The molecule has 0 spiro atoms. The first-order valence-electron chi connectivity index (χ1n) is 6.59. The quantitative estimate of drug-likeness (QED) is 0.636. The Balaban J connectivity index is 2.55. The molecule has 0 aliphatic rings. The van der Waals surface area contributed by atoms with Gasteiger partial charge in [0.1, 0.15) is 0 Å². The van der Waals surface area contributed by atoms with Crippen molar-refractivity contribution in [3.8, 4) is 0 Å². The highest BCUT2D eigenvalue weighted by Crippen LogP contribution is 2.26. The number of rotatable bonds is 4. The summed E-state index contributed by atoms with van der Waals surface area (Å²) in [5, 5.41) is 11.5. The smallest absolute Gasteiger partial charge is 0.175 e. The van der Waals surface area contributed by atoms with Gasteiger partial charge in [-0.2, -0.15) is 0 Å². The van der Waals surface area contributed by atoms with Crippen LogP contribution < -0.4 is 5.11 Å². The van der Waals surface area contributed by atoms with Crippen molar-refractivity contribution in [2.75, 3.05) is 6.26 Å². The van der Waals surface area contributed by atoms with Crippen molar-refractivity contribution >= 4 is 27.0 Å². The Morgan fingerprint density at radius 2 is 1.45 bits per heavy atom. The van der Waals surface area contributed by atoms with Crippen LogP contribution in [0.15, 0.2) is 59.5 Å². The van der Waals surface area contributed by atoms with Gasteiger partial charge >= 0.3 is 0 Å². The fourth-order valence-corrected chi connectivity index (χ4v) is 2.82. The molecular formula is C17H15O4S-. The van der Waals surface area contributed by atoms with Crippen molar-refractivity contribution in [1.82, 2.24) is 0 Å². The molecule has 2 aromatic carbocycles. The van der Waals surface area contributed by atoms with E-state index in [1.807, 2.05) is 0 Å². The van der Waals surface area contributed by atoms with E-state index in [1.165, 1.54) is 12.1 Å². The minimum Gasteiger partial charge on any atom is -0.545 e. The highest BCUT2D eigenvalue weighted by Gasteiger charge is 2.11.